The normalized spacial score (nSPS) is 23.4. The average molecular weight is 231 g/mol. The highest BCUT2D eigenvalue weighted by atomic mass is 16.3. The Balaban J connectivity index is 1.76. The quantitative estimate of drug-likeness (QED) is 0.716. The van der Waals surface area contributed by atoms with Crippen LogP contribution in [0.1, 0.15) is 23.2 Å². The highest BCUT2D eigenvalue weighted by Gasteiger charge is 2.28. The molecule has 3 rings (SSSR count). The minimum atomic E-state index is -0.254. The lowest BCUT2D eigenvalue weighted by atomic mass is 9.89. The third-order valence-corrected chi connectivity index (χ3v) is 3.15. The molecule has 1 saturated carbocycles. The van der Waals surface area contributed by atoms with Crippen molar-refractivity contribution in [1.82, 2.24) is 15.5 Å². The number of carbonyl (C=O) groups is 1. The van der Waals surface area contributed by atoms with E-state index in [1.54, 1.807) is 18.3 Å². The molecular weight excluding hydrogens is 218 g/mol. The van der Waals surface area contributed by atoms with E-state index in [1.807, 2.05) is 6.07 Å². The second kappa shape index (κ2) is 3.85. The summed E-state index contributed by atoms with van der Waals surface area (Å²) in [5.41, 5.74) is 1.47. The number of aromatic nitrogens is 2. The number of benzene rings is 1. The van der Waals surface area contributed by atoms with Crippen LogP contribution in [0, 0.1) is 0 Å². The Morgan fingerprint density at radius 2 is 2.29 bits per heavy atom. The summed E-state index contributed by atoms with van der Waals surface area (Å²) in [6.45, 7) is 0. The number of aliphatic hydroxyl groups excluding tert-OH is 1. The molecule has 0 atom stereocenters. The molecule has 88 valence electrons. The van der Waals surface area contributed by atoms with E-state index in [4.69, 9.17) is 5.11 Å². The molecule has 0 unspecified atom stereocenters. The number of nitrogens with one attached hydrogen (secondary N) is 2. The Kier molecular flexibility index (Phi) is 2.33. The van der Waals surface area contributed by atoms with Crippen molar-refractivity contribution >= 4 is 16.8 Å². The summed E-state index contributed by atoms with van der Waals surface area (Å²) in [5.74, 6) is -0.0987. The molecule has 1 aliphatic rings. The van der Waals surface area contributed by atoms with Crippen LogP contribution in [0.3, 0.4) is 0 Å². The van der Waals surface area contributed by atoms with E-state index in [9.17, 15) is 4.79 Å². The number of hydrogen-bond donors (Lipinski definition) is 3. The fourth-order valence-electron chi connectivity index (χ4n) is 2.05. The van der Waals surface area contributed by atoms with Crippen LogP contribution in [0.5, 0.6) is 0 Å². The molecule has 0 saturated heterocycles. The Morgan fingerprint density at radius 3 is 3.06 bits per heavy atom. The van der Waals surface area contributed by atoms with Crippen LogP contribution >= 0.6 is 0 Å². The minimum absolute atomic E-state index is 0.0987. The Labute approximate surface area is 97.8 Å². The summed E-state index contributed by atoms with van der Waals surface area (Å²) in [6.07, 6.45) is 2.77. The van der Waals surface area contributed by atoms with Crippen LogP contribution < -0.4 is 5.32 Å². The maximum atomic E-state index is 11.9. The molecule has 3 N–H and O–H groups in total. The van der Waals surface area contributed by atoms with Crippen LogP contribution in [-0.4, -0.2) is 33.4 Å². The van der Waals surface area contributed by atoms with Crippen LogP contribution in [0.4, 0.5) is 0 Å². The highest BCUT2D eigenvalue weighted by molar-refractivity contribution is 5.97. The summed E-state index contributed by atoms with van der Waals surface area (Å²) in [7, 11) is 0. The van der Waals surface area contributed by atoms with Gasteiger partial charge >= 0.3 is 0 Å². The van der Waals surface area contributed by atoms with Gasteiger partial charge in [-0.3, -0.25) is 9.89 Å². The number of carbonyl (C=O) groups excluding carboxylic acids is 1. The predicted molar refractivity (Wildman–Crippen MR) is 62.6 cm³/mol. The SMILES string of the molecule is O=C(NC1CC(O)C1)c1ccc2cn[nH]c2c1. The van der Waals surface area contributed by atoms with Gasteiger partial charge in [0.1, 0.15) is 0 Å². The Hall–Kier alpha value is -1.88. The van der Waals surface area contributed by atoms with Gasteiger partial charge in [0.15, 0.2) is 0 Å². The number of nitrogens with zero attached hydrogens (tertiary/aromatic N) is 1. The van der Waals surface area contributed by atoms with E-state index in [1.165, 1.54) is 0 Å². The fraction of sp³-hybridized carbons (Fsp3) is 0.333. The largest absolute Gasteiger partial charge is 0.393 e. The van der Waals surface area contributed by atoms with Crippen LogP contribution in [0.2, 0.25) is 0 Å². The van der Waals surface area contributed by atoms with E-state index in [2.05, 4.69) is 15.5 Å². The van der Waals surface area contributed by atoms with E-state index in [0.717, 1.165) is 10.9 Å². The molecule has 5 nitrogen and oxygen atoms in total. The number of aromatic amines is 1. The molecule has 1 aromatic carbocycles. The second-order valence-corrected chi connectivity index (χ2v) is 4.47. The number of H-pyrrole nitrogens is 1. The van der Waals surface area contributed by atoms with Crippen LogP contribution in [0.25, 0.3) is 10.9 Å². The summed E-state index contributed by atoms with van der Waals surface area (Å²) in [6, 6.07) is 5.54. The predicted octanol–water partition coefficient (Wildman–Crippen LogP) is 0.816. The van der Waals surface area contributed by atoms with Gasteiger partial charge in [0.05, 0.1) is 17.8 Å². The van der Waals surface area contributed by atoms with Gasteiger partial charge in [0, 0.05) is 17.0 Å². The van der Waals surface area contributed by atoms with Gasteiger partial charge in [0.25, 0.3) is 5.91 Å². The number of fused-ring (bicyclic) bond motifs is 1. The average Bonchev–Trinajstić information content (AvgIpc) is 2.73. The van der Waals surface area contributed by atoms with Crippen molar-refractivity contribution in [1.29, 1.82) is 0 Å². The third-order valence-electron chi connectivity index (χ3n) is 3.15. The maximum Gasteiger partial charge on any atom is 0.251 e. The van der Waals surface area contributed by atoms with Gasteiger partial charge in [-0.15, -0.1) is 0 Å². The zero-order valence-corrected chi connectivity index (χ0v) is 9.18. The monoisotopic (exact) mass is 231 g/mol. The topological polar surface area (TPSA) is 78.0 Å². The first-order valence-electron chi connectivity index (χ1n) is 5.64. The zero-order valence-electron chi connectivity index (χ0n) is 9.18. The van der Waals surface area contributed by atoms with Gasteiger partial charge in [0.2, 0.25) is 0 Å². The molecule has 5 heteroatoms. The smallest absolute Gasteiger partial charge is 0.251 e. The van der Waals surface area contributed by atoms with Crippen molar-refractivity contribution in [3.63, 3.8) is 0 Å². The van der Waals surface area contributed by atoms with Crippen LogP contribution in [-0.2, 0) is 0 Å². The molecule has 1 fully saturated rings. The Bertz CT molecular complexity index is 558. The van der Waals surface area contributed by atoms with E-state index < -0.39 is 0 Å². The minimum Gasteiger partial charge on any atom is -0.393 e. The van der Waals surface area contributed by atoms with E-state index in [0.29, 0.717) is 18.4 Å². The molecule has 0 spiro atoms. The van der Waals surface area contributed by atoms with E-state index in [-0.39, 0.29) is 18.1 Å². The molecule has 2 aromatic rings. The van der Waals surface area contributed by atoms with Crippen molar-refractivity contribution in [2.24, 2.45) is 0 Å². The molecule has 0 aliphatic heterocycles. The zero-order chi connectivity index (χ0) is 11.8. The van der Waals surface area contributed by atoms with Crippen molar-refractivity contribution in [2.75, 3.05) is 0 Å². The lowest BCUT2D eigenvalue weighted by Crippen LogP contribution is -2.46. The first-order chi connectivity index (χ1) is 8.22. The van der Waals surface area contributed by atoms with Crippen molar-refractivity contribution in [2.45, 2.75) is 25.0 Å². The lowest BCUT2D eigenvalue weighted by Gasteiger charge is -2.31. The fourth-order valence-corrected chi connectivity index (χ4v) is 2.05. The van der Waals surface area contributed by atoms with E-state index >= 15 is 0 Å². The summed E-state index contributed by atoms with van der Waals surface area (Å²) in [5, 5.41) is 19.8. The summed E-state index contributed by atoms with van der Waals surface area (Å²) in [4.78, 5) is 11.9. The lowest BCUT2D eigenvalue weighted by molar-refractivity contribution is 0.0563. The Morgan fingerprint density at radius 1 is 1.47 bits per heavy atom. The van der Waals surface area contributed by atoms with Crippen LogP contribution in [0.15, 0.2) is 24.4 Å². The van der Waals surface area contributed by atoms with Gasteiger partial charge in [-0.25, -0.2) is 0 Å². The number of aliphatic hydroxyl groups is 1. The van der Waals surface area contributed by atoms with Crippen molar-refractivity contribution in [3.05, 3.63) is 30.0 Å². The standard InChI is InChI=1S/C12H13N3O2/c16-10-4-9(5-10)14-12(17)7-1-2-8-6-13-15-11(8)3-7/h1-3,6,9-10,16H,4-5H2,(H,13,15)(H,14,17). The molecule has 17 heavy (non-hydrogen) atoms. The van der Waals surface area contributed by atoms with Gasteiger partial charge in [-0.2, -0.15) is 5.10 Å². The molecule has 0 radical (unpaired) electrons. The molecule has 0 bridgehead atoms. The first-order valence-corrected chi connectivity index (χ1v) is 5.64. The maximum absolute atomic E-state index is 11.9. The molecule has 1 heterocycles. The highest BCUT2D eigenvalue weighted by Crippen LogP contribution is 2.20. The summed E-state index contributed by atoms with van der Waals surface area (Å²) < 4.78 is 0. The van der Waals surface area contributed by atoms with Gasteiger partial charge in [-0.1, -0.05) is 6.07 Å². The molecule has 1 amide bonds. The van der Waals surface area contributed by atoms with Crippen molar-refractivity contribution < 1.29 is 9.90 Å². The van der Waals surface area contributed by atoms with Gasteiger partial charge < -0.3 is 10.4 Å². The molecule has 1 aliphatic carbocycles. The van der Waals surface area contributed by atoms with Crippen molar-refractivity contribution in [3.8, 4) is 0 Å². The number of hydrogen-bond acceptors (Lipinski definition) is 3. The number of amides is 1. The number of rotatable bonds is 2. The molecular formula is C12H13N3O2. The first kappa shape index (κ1) is 10.3. The summed E-state index contributed by atoms with van der Waals surface area (Å²) >= 11 is 0. The second-order valence-electron chi connectivity index (χ2n) is 4.47. The van der Waals surface area contributed by atoms with Gasteiger partial charge in [-0.05, 0) is 25.0 Å². The third kappa shape index (κ3) is 1.89. The molecule has 1 aromatic heterocycles.